The lowest BCUT2D eigenvalue weighted by Crippen LogP contribution is -2.58. The summed E-state index contributed by atoms with van der Waals surface area (Å²) in [7, 11) is -3.51. The van der Waals surface area contributed by atoms with E-state index in [2.05, 4.69) is 32.3 Å². The molecule has 1 unspecified atom stereocenters. The molecule has 0 bridgehead atoms. The van der Waals surface area contributed by atoms with Gasteiger partial charge in [0.05, 0.1) is 30.7 Å². The van der Waals surface area contributed by atoms with Gasteiger partial charge in [-0.2, -0.15) is 4.89 Å². The number of piperidine rings is 1. The first-order valence-electron chi connectivity index (χ1n) is 9.63. The van der Waals surface area contributed by atoms with Crippen LogP contribution in [0.25, 0.3) is 0 Å². The fourth-order valence-corrected chi connectivity index (χ4v) is 6.19. The minimum Gasteiger partial charge on any atom is -0.784 e. The van der Waals surface area contributed by atoms with Gasteiger partial charge in [0.25, 0.3) is 0 Å². The molecule has 11 heteroatoms. The lowest BCUT2D eigenvalue weighted by molar-refractivity contribution is -0.0946. The molecule has 1 aliphatic rings. The van der Waals surface area contributed by atoms with Gasteiger partial charge in [0.15, 0.2) is 5.75 Å². The topological polar surface area (TPSA) is 85.5 Å². The third-order valence-corrected chi connectivity index (χ3v) is 7.74. The summed E-state index contributed by atoms with van der Waals surface area (Å²) in [6.07, 6.45) is 0.913. The Labute approximate surface area is 202 Å². The van der Waals surface area contributed by atoms with Gasteiger partial charge >= 0.3 is 18.6 Å². The van der Waals surface area contributed by atoms with Crippen LogP contribution in [-0.2, 0) is 0 Å². The molecule has 2 rings (SSSR count). The summed E-state index contributed by atoms with van der Waals surface area (Å²) in [6.45, 7) is 8.23. The highest BCUT2D eigenvalue weighted by molar-refractivity contribution is 14.1. The van der Waals surface area contributed by atoms with Gasteiger partial charge in [0.2, 0.25) is 0 Å². The molecule has 168 valence electrons. The Morgan fingerprint density at radius 2 is 1.67 bits per heavy atom. The molecule has 1 atom stereocenters. The Morgan fingerprint density at radius 3 is 2.13 bits per heavy atom. The molecule has 1 aromatic rings. The van der Waals surface area contributed by atoms with Gasteiger partial charge in [-0.05, 0) is 74.6 Å². The lowest BCUT2D eigenvalue weighted by atomic mass is 9.81. The summed E-state index contributed by atoms with van der Waals surface area (Å²) >= 11 is 14.1. The van der Waals surface area contributed by atoms with Crippen molar-refractivity contribution < 1.29 is 14.2 Å². The van der Waals surface area contributed by atoms with Crippen molar-refractivity contribution in [2.24, 2.45) is 4.88 Å². The molecule has 7 nitrogen and oxygen atoms in total. The van der Waals surface area contributed by atoms with E-state index in [-0.39, 0.29) is 11.8 Å². The van der Waals surface area contributed by atoms with E-state index in [4.69, 9.17) is 27.7 Å². The second kappa shape index (κ2) is 10.7. The Morgan fingerprint density at radius 1 is 1.17 bits per heavy atom. The highest BCUT2D eigenvalue weighted by atomic mass is 127. The maximum atomic E-state index is 12.6. The average Bonchev–Trinajstić information content (AvgIpc) is 2.66. The van der Waals surface area contributed by atoms with Gasteiger partial charge in [-0.3, -0.25) is 4.52 Å². The first-order valence-corrected chi connectivity index (χ1v) is 13.3. The van der Waals surface area contributed by atoms with Gasteiger partial charge < -0.3 is 10.3 Å². The van der Waals surface area contributed by atoms with Crippen molar-refractivity contribution in [3.8, 4) is 5.75 Å². The number of hydrogen-bond acceptors (Lipinski definition) is 6. The largest absolute Gasteiger partial charge is 0.784 e. The summed E-state index contributed by atoms with van der Waals surface area (Å²) in [5, 5.41) is 13.7. The summed E-state index contributed by atoms with van der Waals surface area (Å²) < 4.78 is 8.66. The van der Waals surface area contributed by atoms with Crippen molar-refractivity contribution in [1.82, 2.24) is 9.73 Å². The van der Waals surface area contributed by atoms with E-state index in [1.165, 1.54) is 0 Å². The van der Waals surface area contributed by atoms with Crippen LogP contribution in [0.15, 0.2) is 29.2 Å². The Bertz CT molecular complexity index is 764. The number of benzene rings is 1. The molecule has 0 amide bonds. The minimum atomic E-state index is -3.51. The molecule has 0 aliphatic carbocycles. The van der Waals surface area contributed by atoms with Gasteiger partial charge in [-0.25, -0.2) is 0 Å². The van der Waals surface area contributed by atoms with Crippen molar-refractivity contribution in [2.75, 3.05) is 24.8 Å². The number of alkyl halides is 2. The van der Waals surface area contributed by atoms with Crippen LogP contribution >= 0.6 is 53.8 Å². The van der Waals surface area contributed by atoms with Crippen molar-refractivity contribution in [2.45, 2.75) is 51.6 Å². The number of rotatable bonds is 8. The summed E-state index contributed by atoms with van der Waals surface area (Å²) in [4.78, 5) is 20.2. The molecule has 1 saturated heterocycles. The predicted octanol–water partition coefficient (Wildman–Crippen LogP) is 5.37. The normalized spacial score (nSPS) is 20.5. The van der Waals surface area contributed by atoms with Crippen molar-refractivity contribution in [3.63, 3.8) is 0 Å². The van der Waals surface area contributed by atoms with Crippen LogP contribution in [0.5, 0.6) is 5.75 Å². The number of hydrogen-bond donors (Lipinski definition) is 1. The lowest BCUT2D eigenvalue weighted by Gasteiger charge is -2.55. The van der Waals surface area contributed by atoms with Gasteiger partial charge in [-0.15, -0.1) is 23.2 Å². The Kier molecular flexibility index (Phi) is 9.38. The molecule has 0 aromatic heterocycles. The molecular weight excluding hydrogens is 561 g/mol. The van der Waals surface area contributed by atoms with Crippen LogP contribution in [0.1, 0.15) is 40.5 Å². The van der Waals surface area contributed by atoms with E-state index in [1.807, 2.05) is 39.8 Å². The van der Waals surface area contributed by atoms with Crippen molar-refractivity contribution in [3.05, 3.63) is 33.0 Å². The molecule has 30 heavy (non-hydrogen) atoms. The van der Waals surface area contributed by atoms with Gasteiger partial charge in [0.1, 0.15) is 0 Å². The van der Waals surface area contributed by atoms with Crippen LogP contribution in [0.4, 0.5) is 0 Å². The van der Waals surface area contributed by atoms with Crippen molar-refractivity contribution >= 4 is 59.5 Å². The molecular formula is C19H29Cl2IN4O3P+. The molecule has 0 radical (unpaired) electrons. The van der Waals surface area contributed by atoms with E-state index in [9.17, 15) is 10.1 Å². The second-order valence-electron chi connectivity index (χ2n) is 8.42. The van der Waals surface area contributed by atoms with Gasteiger partial charge in [0, 0.05) is 26.4 Å². The fraction of sp³-hybridized carbons (Fsp3) is 0.632. The third kappa shape index (κ3) is 6.74. The molecule has 1 fully saturated rings. The maximum Gasteiger partial charge on any atom is 0.611 e. The SMILES string of the molecule is CC1(C)CC(=[N+]=N[P+](O)(Oc2ccc(I)cc2)N(CCCl)CCCl)CC(C)(C)N1[O-]. The van der Waals surface area contributed by atoms with Crippen LogP contribution in [0, 0.1) is 8.78 Å². The molecule has 1 heterocycles. The zero-order valence-corrected chi connectivity index (χ0v) is 22.2. The smallest absolute Gasteiger partial charge is 0.611 e. The van der Waals surface area contributed by atoms with Crippen LogP contribution in [0.2, 0.25) is 0 Å². The average molecular weight is 590 g/mol. The molecule has 0 spiro atoms. The molecule has 1 aromatic carbocycles. The molecule has 1 aliphatic heterocycles. The summed E-state index contributed by atoms with van der Waals surface area (Å²) in [5.74, 6) is 1.05. The highest BCUT2D eigenvalue weighted by Crippen LogP contribution is 2.59. The predicted molar refractivity (Wildman–Crippen MR) is 132 cm³/mol. The quantitative estimate of drug-likeness (QED) is 0.145. The number of hydroxylamine groups is 2. The summed E-state index contributed by atoms with van der Waals surface area (Å²) in [5.41, 5.74) is -0.482. The Hall–Kier alpha value is -0.0200. The van der Waals surface area contributed by atoms with E-state index < -0.39 is 19.1 Å². The highest BCUT2D eigenvalue weighted by Gasteiger charge is 2.56. The first-order chi connectivity index (χ1) is 13.9. The zero-order valence-electron chi connectivity index (χ0n) is 17.7. The first kappa shape index (κ1) is 26.2. The third-order valence-electron chi connectivity index (χ3n) is 4.77. The van der Waals surface area contributed by atoms with Crippen LogP contribution < -0.4 is 4.52 Å². The van der Waals surface area contributed by atoms with E-state index in [0.29, 0.717) is 31.7 Å². The second-order valence-corrected chi connectivity index (χ2v) is 12.4. The summed E-state index contributed by atoms with van der Waals surface area (Å²) in [6, 6.07) is 7.32. The molecule has 1 N–H and O–H groups in total. The van der Waals surface area contributed by atoms with Gasteiger partial charge in [-0.1, -0.05) is 4.67 Å². The van der Waals surface area contributed by atoms with Crippen molar-refractivity contribution in [1.29, 1.82) is 0 Å². The number of nitrogens with zero attached hydrogens (tertiary/aromatic N) is 4. The minimum absolute atomic E-state index is 0.284. The standard InChI is InChI=1S/C19H29Cl2IN4O3P/c1-18(2)13-16(14-19(3,4)26(18)27)23-24-30(28,25(11-9-20)12-10-21)29-17-7-5-15(22)6-8-17/h5-8,28H,9-14H2,1-4H3/q+1. The fourth-order valence-electron chi connectivity index (χ4n) is 3.55. The maximum absolute atomic E-state index is 12.6. The van der Waals surface area contributed by atoms with E-state index >= 15 is 0 Å². The zero-order chi connectivity index (χ0) is 22.6. The number of halogens is 3. The van der Waals surface area contributed by atoms with Crippen LogP contribution in [0.3, 0.4) is 0 Å². The molecule has 0 saturated carbocycles. The van der Waals surface area contributed by atoms with E-state index in [1.54, 1.807) is 16.8 Å². The monoisotopic (exact) mass is 589 g/mol. The van der Waals surface area contributed by atoms with E-state index in [0.717, 1.165) is 14.3 Å². The van der Waals surface area contributed by atoms with Crippen LogP contribution in [-0.4, -0.2) is 61.1 Å². The Balaban J connectivity index is 2.45.